The highest BCUT2D eigenvalue weighted by Gasteiger charge is 2.22. The van der Waals surface area contributed by atoms with Gasteiger partial charge in [0.15, 0.2) is 9.84 Å². The van der Waals surface area contributed by atoms with Gasteiger partial charge in [0.1, 0.15) is 5.60 Å². The Balaban J connectivity index is 2.09. The molecule has 0 atom stereocenters. The van der Waals surface area contributed by atoms with Gasteiger partial charge in [0.2, 0.25) is 0 Å². The molecule has 2 aromatic rings. The van der Waals surface area contributed by atoms with Gasteiger partial charge >= 0.3 is 19.3 Å². The molecule has 2 amide bonds. The van der Waals surface area contributed by atoms with Gasteiger partial charge in [-0.25, -0.2) is 18.0 Å². The summed E-state index contributed by atoms with van der Waals surface area (Å²) >= 11 is 0. The monoisotopic (exact) mass is 534 g/mol. The van der Waals surface area contributed by atoms with E-state index in [1.54, 1.807) is 39.0 Å². The third kappa shape index (κ3) is 9.38. The Morgan fingerprint density at radius 2 is 1.73 bits per heavy atom. The van der Waals surface area contributed by atoms with Crippen LogP contribution in [-0.2, 0) is 38.7 Å². The zero-order valence-corrected chi connectivity index (χ0v) is 22.9. The Morgan fingerprint density at radius 1 is 1.05 bits per heavy atom. The van der Waals surface area contributed by atoms with Gasteiger partial charge in [0, 0.05) is 25.4 Å². The van der Waals surface area contributed by atoms with E-state index in [1.807, 2.05) is 6.92 Å². The van der Waals surface area contributed by atoms with Crippen LogP contribution in [0, 0.1) is 0 Å². The van der Waals surface area contributed by atoms with Gasteiger partial charge in [-0.3, -0.25) is 5.32 Å². The maximum atomic E-state index is 12.4. The van der Waals surface area contributed by atoms with Crippen LogP contribution in [0.1, 0.15) is 44.4 Å². The molecule has 0 spiro atoms. The average Bonchev–Trinajstić information content (AvgIpc) is 2.77. The molecule has 202 valence electrons. The fraction of sp³-hybridized carbons (Fsp3) is 0.440. The number of nitrogens with zero attached hydrogens (tertiary/aromatic N) is 1. The number of hydrogen-bond donors (Lipinski definition) is 3. The molecule has 0 aliphatic rings. The predicted molar refractivity (Wildman–Crippen MR) is 142 cm³/mol. The Kier molecular flexibility index (Phi) is 10.1. The molecule has 0 aliphatic heterocycles. The zero-order valence-electron chi connectivity index (χ0n) is 22.1. The SMILES string of the molecule is CCc1cc(B(O)O)ccc1CCOC(=O)Nc1ccc(S(C)(=O)=O)c(CN(C)C(=O)OC(C)(C)C)c1. The highest BCUT2D eigenvalue weighted by molar-refractivity contribution is 7.90. The molecule has 3 N–H and O–H groups in total. The number of aryl methyl sites for hydroxylation is 1. The first-order valence-electron chi connectivity index (χ1n) is 11.8. The highest BCUT2D eigenvalue weighted by Crippen LogP contribution is 2.23. The molecule has 0 heterocycles. The van der Waals surface area contributed by atoms with Crippen LogP contribution in [0.5, 0.6) is 0 Å². The summed E-state index contributed by atoms with van der Waals surface area (Å²) in [6.45, 7) is 7.16. The Morgan fingerprint density at radius 3 is 2.30 bits per heavy atom. The average molecular weight is 534 g/mol. The molecule has 37 heavy (non-hydrogen) atoms. The van der Waals surface area contributed by atoms with E-state index in [2.05, 4.69) is 5.32 Å². The van der Waals surface area contributed by atoms with Crippen molar-refractivity contribution in [3.63, 3.8) is 0 Å². The van der Waals surface area contributed by atoms with Gasteiger partial charge in [0.25, 0.3) is 0 Å². The topological polar surface area (TPSA) is 142 Å². The second kappa shape index (κ2) is 12.4. The Hall–Kier alpha value is -3.09. The van der Waals surface area contributed by atoms with Crippen molar-refractivity contribution in [1.29, 1.82) is 0 Å². The van der Waals surface area contributed by atoms with Crippen molar-refractivity contribution >= 4 is 40.3 Å². The van der Waals surface area contributed by atoms with Gasteiger partial charge in [-0.15, -0.1) is 0 Å². The molecule has 0 aromatic heterocycles. The second-order valence-electron chi connectivity index (χ2n) is 9.70. The van der Waals surface area contributed by atoms with E-state index in [0.717, 1.165) is 17.4 Å². The number of sulfone groups is 1. The van der Waals surface area contributed by atoms with Crippen molar-refractivity contribution in [2.75, 3.05) is 25.2 Å². The lowest BCUT2D eigenvalue weighted by atomic mass is 9.78. The normalized spacial score (nSPS) is 11.6. The van der Waals surface area contributed by atoms with Crippen molar-refractivity contribution in [1.82, 2.24) is 4.90 Å². The van der Waals surface area contributed by atoms with E-state index in [-0.39, 0.29) is 18.0 Å². The van der Waals surface area contributed by atoms with Crippen LogP contribution in [0.4, 0.5) is 15.3 Å². The van der Waals surface area contributed by atoms with Gasteiger partial charge in [-0.2, -0.15) is 0 Å². The van der Waals surface area contributed by atoms with Crippen LogP contribution in [0.3, 0.4) is 0 Å². The van der Waals surface area contributed by atoms with Crippen LogP contribution in [-0.4, -0.2) is 68.2 Å². The molecule has 12 heteroatoms. The molecule has 0 saturated carbocycles. The van der Waals surface area contributed by atoms with Crippen LogP contribution >= 0.6 is 0 Å². The number of benzene rings is 2. The quantitative estimate of drug-likeness (QED) is 0.417. The summed E-state index contributed by atoms with van der Waals surface area (Å²) in [6.07, 6.45) is 0.836. The molecule has 0 aliphatic carbocycles. The van der Waals surface area contributed by atoms with Crippen LogP contribution < -0.4 is 10.8 Å². The summed E-state index contributed by atoms with van der Waals surface area (Å²) in [5.74, 6) is 0. The summed E-state index contributed by atoms with van der Waals surface area (Å²) in [6, 6.07) is 9.38. The smallest absolute Gasteiger partial charge is 0.449 e. The summed E-state index contributed by atoms with van der Waals surface area (Å²) in [4.78, 5) is 26.0. The number of ether oxygens (including phenoxy) is 2. The largest absolute Gasteiger partial charge is 0.488 e. The lowest BCUT2D eigenvalue weighted by Crippen LogP contribution is -2.34. The number of carbonyl (C=O) groups excluding carboxylic acids is 2. The van der Waals surface area contributed by atoms with E-state index in [1.165, 1.54) is 30.1 Å². The number of amides is 2. The van der Waals surface area contributed by atoms with Crippen molar-refractivity contribution in [2.24, 2.45) is 0 Å². The molecule has 0 fully saturated rings. The number of rotatable bonds is 9. The fourth-order valence-electron chi connectivity index (χ4n) is 3.59. The van der Waals surface area contributed by atoms with Gasteiger partial charge < -0.3 is 24.4 Å². The standard InChI is InChI=1S/C25H35BN2O8S/c1-7-17-14-20(26(31)32)9-8-18(17)12-13-35-23(29)27-21-10-11-22(37(6,33)34)19(15-21)16-28(5)24(30)36-25(2,3)4/h8-11,14-15,31-32H,7,12-13,16H2,1-6H3,(H,27,29). The molecular weight excluding hydrogens is 499 g/mol. The van der Waals surface area contributed by atoms with Gasteiger partial charge in [0.05, 0.1) is 18.0 Å². The Bertz CT molecular complexity index is 1230. The first-order valence-corrected chi connectivity index (χ1v) is 13.7. The summed E-state index contributed by atoms with van der Waals surface area (Å²) in [7, 11) is -3.66. The predicted octanol–water partition coefficient (Wildman–Crippen LogP) is 2.49. The van der Waals surface area contributed by atoms with Crippen molar-refractivity contribution in [3.05, 3.63) is 53.1 Å². The highest BCUT2D eigenvalue weighted by atomic mass is 32.2. The van der Waals surface area contributed by atoms with E-state index in [4.69, 9.17) is 9.47 Å². The number of nitrogens with one attached hydrogen (secondary N) is 1. The molecule has 2 aromatic carbocycles. The number of anilines is 1. The van der Waals surface area contributed by atoms with E-state index in [9.17, 15) is 28.1 Å². The second-order valence-corrected chi connectivity index (χ2v) is 11.7. The number of hydrogen-bond acceptors (Lipinski definition) is 8. The maximum Gasteiger partial charge on any atom is 0.488 e. The van der Waals surface area contributed by atoms with Gasteiger partial charge in [-0.05, 0) is 67.5 Å². The molecular formula is C25H35BN2O8S. The molecule has 2 rings (SSSR count). The Labute approximate surface area is 218 Å². The van der Waals surface area contributed by atoms with Crippen molar-refractivity contribution in [3.8, 4) is 0 Å². The third-order valence-corrected chi connectivity index (χ3v) is 6.53. The van der Waals surface area contributed by atoms with Crippen LogP contribution in [0.15, 0.2) is 41.3 Å². The van der Waals surface area contributed by atoms with Gasteiger partial charge in [-0.1, -0.05) is 25.1 Å². The number of carbonyl (C=O) groups is 2. The van der Waals surface area contributed by atoms with E-state index < -0.39 is 34.7 Å². The first-order chi connectivity index (χ1) is 17.1. The minimum absolute atomic E-state index is 0.0327. The van der Waals surface area contributed by atoms with Crippen molar-refractivity contribution in [2.45, 2.75) is 57.6 Å². The first kappa shape index (κ1) is 30.1. The molecule has 0 bridgehead atoms. The maximum absolute atomic E-state index is 12.4. The lowest BCUT2D eigenvalue weighted by Gasteiger charge is -2.25. The van der Waals surface area contributed by atoms with Crippen molar-refractivity contribution < 1.29 is 37.5 Å². The fourth-order valence-corrected chi connectivity index (χ4v) is 4.50. The summed E-state index contributed by atoms with van der Waals surface area (Å²) in [5.41, 5.74) is 2.14. The third-order valence-electron chi connectivity index (χ3n) is 5.33. The van der Waals surface area contributed by atoms with Crippen LogP contribution in [0.25, 0.3) is 0 Å². The summed E-state index contributed by atoms with van der Waals surface area (Å²) in [5, 5.41) is 21.3. The minimum atomic E-state index is -3.60. The molecule has 0 radical (unpaired) electrons. The summed E-state index contributed by atoms with van der Waals surface area (Å²) < 4.78 is 35.2. The van der Waals surface area contributed by atoms with E-state index >= 15 is 0 Å². The molecule has 0 unspecified atom stereocenters. The lowest BCUT2D eigenvalue weighted by molar-refractivity contribution is 0.0283. The minimum Gasteiger partial charge on any atom is -0.449 e. The zero-order chi connectivity index (χ0) is 28.0. The molecule has 10 nitrogen and oxygen atoms in total. The van der Waals surface area contributed by atoms with E-state index in [0.29, 0.717) is 29.6 Å². The van der Waals surface area contributed by atoms with Crippen LogP contribution in [0.2, 0.25) is 0 Å². The molecule has 0 saturated heterocycles.